The lowest BCUT2D eigenvalue weighted by Crippen LogP contribution is -2.39. The van der Waals surface area contributed by atoms with Crippen LogP contribution in [0.4, 0.5) is 0 Å². The largest absolute Gasteiger partial charge is 0.481 e. The molecule has 3 nitrogen and oxygen atoms in total. The van der Waals surface area contributed by atoms with E-state index >= 15 is 0 Å². The van der Waals surface area contributed by atoms with Gasteiger partial charge in [0.2, 0.25) is 0 Å². The number of aliphatic carboxylic acids is 1. The predicted octanol–water partition coefficient (Wildman–Crippen LogP) is 1.89. The predicted molar refractivity (Wildman–Crippen MR) is 65.0 cm³/mol. The first-order chi connectivity index (χ1) is 7.29. The molecule has 0 amide bonds. The first-order valence-corrected chi connectivity index (χ1v) is 5.27. The fraction of sp³-hybridized carbons (Fsp3) is 0.417. The zero-order valence-corrected chi connectivity index (χ0v) is 9.74. The number of carbonyl (C=O) groups is 1. The fourth-order valence-electron chi connectivity index (χ4n) is 2.22. The number of carboxylic acids is 1. The first kappa shape index (κ1) is 13.0. The van der Waals surface area contributed by atoms with Crippen molar-refractivity contribution >= 4 is 18.4 Å². The standard InChI is InChI=1S/C12H15NO2.ClH/c14-12(15)11-8-13-7-6-10(11)9-4-2-1-3-5-9;/h1-5,10-11,13H,6-8H2,(H,14,15);1H/t10-,11-;/m0./s1. The van der Waals surface area contributed by atoms with Crippen molar-refractivity contribution in [2.45, 2.75) is 12.3 Å². The highest BCUT2D eigenvalue weighted by Crippen LogP contribution is 2.30. The molecule has 1 aromatic rings. The van der Waals surface area contributed by atoms with Crippen LogP contribution in [0.15, 0.2) is 30.3 Å². The van der Waals surface area contributed by atoms with Gasteiger partial charge < -0.3 is 10.4 Å². The molecule has 88 valence electrons. The van der Waals surface area contributed by atoms with Gasteiger partial charge in [0.25, 0.3) is 0 Å². The van der Waals surface area contributed by atoms with Gasteiger partial charge in [0, 0.05) is 6.54 Å². The summed E-state index contributed by atoms with van der Waals surface area (Å²) in [4.78, 5) is 11.1. The molecule has 1 aliphatic heterocycles. The summed E-state index contributed by atoms with van der Waals surface area (Å²) in [6.45, 7) is 1.48. The topological polar surface area (TPSA) is 49.3 Å². The monoisotopic (exact) mass is 241 g/mol. The molecule has 1 fully saturated rings. The summed E-state index contributed by atoms with van der Waals surface area (Å²) in [5, 5.41) is 12.3. The minimum atomic E-state index is -0.698. The molecule has 1 saturated heterocycles. The van der Waals surface area contributed by atoms with E-state index in [4.69, 9.17) is 5.11 Å². The van der Waals surface area contributed by atoms with Gasteiger partial charge in [-0.25, -0.2) is 0 Å². The van der Waals surface area contributed by atoms with Gasteiger partial charge in [0.1, 0.15) is 0 Å². The van der Waals surface area contributed by atoms with Gasteiger partial charge in [0.05, 0.1) is 5.92 Å². The van der Waals surface area contributed by atoms with Crippen LogP contribution in [0, 0.1) is 5.92 Å². The van der Waals surface area contributed by atoms with Gasteiger partial charge >= 0.3 is 5.97 Å². The molecule has 0 unspecified atom stereocenters. The molecular formula is C12H16ClNO2. The molecule has 2 rings (SSSR count). The molecule has 1 aromatic carbocycles. The lowest BCUT2D eigenvalue weighted by atomic mass is 9.81. The van der Waals surface area contributed by atoms with Crippen LogP contribution >= 0.6 is 12.4 Å². The minimum Gasteiger partial charge on any atom is -0.481 e. The zero-order valence-electron chi connectivity index (χ0n) is 8.93. The molecule has 1 heterocycles. The third-order valence-electron chi connectivity index (χ3n) is 3.03. The second-order valence-electron chi connectivity index (χ2n) is 3.95. The smallest absolute Gasteiger partial charge is 0.308 e. The van der Waals surface area contributed by atoms with E-state index in [1.165, 1.54) is 0 Å². The molecular weight excluding hydrogens is 226 g/mol. The maximum Gasteiger partial charge on any atom is 0.308 e. The average molecular weight is 242 g/mol. The Morgan fingerprint density at radius 2 is 2.00 bits per heavy atom. The molecule has 0 spiro atoms. The molecule has 16 heavy (non-hydrogen) atoms. The lowest BCUT2D eigenvalue weighted by Gasteiger charge is -2.29. The van der Waals surface area contributed by atoms with Crippen molar-refractivity contribution in [1.29, 1.82) is 0 Å². The van der Waals surface area contributed by atoms with Gasteiger partial charge in [0.15, 0.2) is 0 Å². The van der Waals surface area contributed by atoms with E-state index in [9.17, 15) is 4.79 Å². The Bertz CT molecular complexity index is 342. The van der Waals surface area contributed by atoms with E-state index < -0.39 is 5.97 Å². The van der Waals surface area contributed by atoms with Crippen molar-refractivity contribution in [3.63, 3.8) is 0 Å². The van der Waals surface area contributed by atoms with Gasteiger partial charge in [-0.05, 0) is 24.4 Å². The van der Waals surface area contributed by atoms with Crippen LogP contribution in [0.25, 0.3) is 0 Å². The first-order valence-electron chi connectivity index (χ1n) is 5.27. The highest BCUT2D eigenvalue weighted by molar-refractivity contribution is 5.85. The quantitative estimate of drug-likeness (QED) is 0.831. The zero-order chi connectivity index (χ0) is 10.7. The van der Waals surface area contributed by atoms with Crippen LogP contribution in [0.2, 0.25) is 0 Å². The third kappa shape index (κ3) is 2.74. The van der Waals surface area contributed by atoms with Crippen LogP contribution in [0.1, 0.15) is 17.9 Å². The second kappa shape index (κ2) is 5.87. The minimum absolute atomic E-state index is 0. The van der Waals surface area contributed by atoms with E-state index in [0.717, 1.165) is 18.5 Å². The molecule has 1 aliphatic rings. The Balaban J connectivity index is 0.00000128. The highest BCUT2D eigenvalue weighted by Gasteiger charge is 2.31. The molecule has 2 atom stereocenters. The number of benzene rings is 1. The van der Waals surface area contributed by atoms with E-state index in [0.29, 0.717) is 6.54 Å². The molecule has 0 radical (unpaired) electrons. The second-order valence-corrected chi connectivity index (χ2v) is 3.95. The van der Waals surface area contributed by atoms with Crippen molar-refractivity contribution in [3.05, 3.63) is 35.9 Å². The van der Waals surface area contributed by atoms with Crippen molar-refractivity contribution < 1.29 is 9.90 Å². The normalized spacial score (nSPS) is 24.5. The van der Waals surface area contributed by atoms with Gasteiger partial charge in [-0.2, -0.15) is 0 Å². The van der Waals surface area contributed by atoms with Crippen molar-refractivity contribution in [2.75, 3.05) is 13.1 Å². The molecule has 0 aliphatic carbocycles. The molecule has 0 bridgehead atoms. The average Bonchev–Trinajstić information content (AvgIpc) is 2.30. The van der Waals surface area contributed by atoms with E-state index in [2.05, 4.69) is 5.32 Å². The van der Waals surface area contributed by atoms with Crippen LogP contribution < -0.4 is 5.32 Å². The number of halogens is 1. The Labute approximate surface area is 101 Å². The highest BCUT2D eigenvalue weighted by atomic mass is 35.5. The van der Waals surface area contributed by atoms with Crippen molar-refractivity contribution in [3.8, 4) is 0 Å². The van der Waals surface area contributed by atoms with E-state index in [-0.39, 0.29) is 24.2 Å². The van der Waals surface area contributed by atoms with Crippen LogP contribution in [0.5, 0.6) is 0 Å². The van der Waals surface area contributed by atoms with Gasteiger partial charge in [-0.3, -0.25) is 4.79 Å². The number of hydrogen-bond donors (Lipinski definition) is 2. The molecule has 0 aromatic heterocycles. The van der Waals surface area contributed by atoms with E-state index in [1.54, 1.807) is 0 Å². The molecule has 2 N–H and O–H groups in total. The Kier molecular flexibility index (Phi) is 4.77. The fourth-order valence-corrected chi connectivity index (χ4v) is 2.22. The summed E-state index contributed by atoms with van der Waals surface area (Å²) in [6, 6.07) is 9.94. The van der Waals surface area contributed by atoms with Crippen LogP contribution in [-0.4, -0.2) is 24.2 Å². The maximum absolute atomic E-state index is 11.1. The summed E-state index contributed by atoms with van der Waals surface area (Å²) in [5.74, 6) is -0.831. The summed E-state index contributed by atoms with van der Waals surface area (Å²) in [6.07, 6.45) is 0.904. The number of carboxylic acid groups (broad SMARTS) is 1. The van der Waals surface area contributed by atoms with Crippen LogP contribution in [0.3, 0.4) is 0 Å². The number of hydrogen-bond acceptors (Lipinski definition) is 2. The maximum atomic E-state index is 11.1. The van der Waals surface area contributed by atoms with Crippen molar-refractivity contribution in [2.24, 2.45) is 5.92 Å². The lowest BCUT2D eigenvalue weighted by molar-refractivity contribution is -0.142. The van der Waals surface area contributed by atoms with Gasteiger partial charge in [-0.1, -0.05) is 30.3 Å². The van der Waals surface area contributed by atoms with Gasteiger partial charge in [-0.15, -0.1) is 12.4 Å². The Hall–Kier alpha value is -1.06. The summed E-state index contributed by atoms with van der Waals surface area (Å²) in [5.41, 5.74) is 1.14. The Morgan fingerprint density at radius 1 is 1.31 bits per heavy atom. The molecule has 0 saturated carbocycles. The van der Waals surface area contributed by atoms with E-state index in [1.807, 2.05) is 30.3 Å². The number of rotatable bonds is 2. The van der Waals surface area contributed by atoms with Crippen LogP contribution in [-0.2, 0) is 4.79 Å². The SMILES string of the molecule is Cl.O=C(O)[C@H]1CNCC[C@H]1c1ccccc1. The summed E-state index contributed by atoms with van der Waals surface area (Å²) >= 11 is 0. The number of nitrogens with one attached hydrogen (secondary N) is 1. The molecule has 4 heteroatoms. The van der Waals surface area contributed by atoms with Crippen molar-refractivity contribution in [1.82, 2.24) is 5.32 Å². The summed E-state index contributed by atoms with van der Waals surface area (Å²) < 4.78 is 0. The third-order valence-corrected chi connectivity index (χ3v) is 3.03. The summed E-state index contributed by atoms with van der Waals surface area (Å²) in [7, 11) is 0. The Morgan fingerprint density at radius 3 is 2.62 bits per heavy atom. The number of piperidine rings is 1.